The van der Waals surface area contributed by atoms with Gasteiger partial charge in [-0.15, -0.1) is 0 Å². The minimum Gasteiger partial charge on any atom is -0.465 e. The Morgan fingerprint density at radius 1 is 1.17 bits per heavy atom. The van der Waals surface area contributed by atoms with Gasteiger partial charge in [0.05, 0.1) is 12.7 Å². The van der Waals surface area contributed by atoms with Gasteiger partial charge in [-0.3, -0.25) is 4.90 Å². The fraction of sp³-hybridized carbons (Fsp3) is 0.417. The van der Waals surface area contributed by atoms with Crippen LogP contribution < -0.4 is 4.90 Å². The summed E-state index contributed by atoms with van der Waals surface area (Å²) >= 11 is 0. The van der Waals surface area contributed by atoms with Crippen LogP contribution in [0.3, 0.4) is 0 Å². The maximum absolute atomic E-state index is 12.1. The number of oxazole rings is 1. The largest absolute Gasteiger partial charge is 0.465 e. The lowest BCUT2D eigenvalue weighted by molar-refractivity contribution is 0.0602. The molecule has 1 atom stereocenters. The van der Waals surface area contributed by atoms with Crippen LogP contribution in [0.4, 0.5) is 6.01 Å². The number of benzene rings is 2. The maximum atomic E-state index is 12.1. The number of ether oxygens (including phenoxy) is 1. The summed E-state index contributed by atoms with van der Waals surface area (Å²) in [5.41, 5.74) is 2.95. The molecule has 1 aliphatic rings. The molecular formula is C24H29N3O3. The molecule has 1 fully saturated rings. The highest BCUT2D eigenvalue weighted by Crippen LogP contribution is 2.29. The van der Waals surface area contributed by atoms with E-state index in [2.05, 4.69) is 54.0 Å². The number of fused-ring (bicyclic) bond motifs is 1. The molecule has 0 N–H and O–H groups in total. The second kappa shape index (κ2) is 8.88. The van der Waals surface area contributed by atoms with Crippen LogP contribution in [0.1, 0.15) is 36.2 Å². The Balaban J connectivity index is 1.59. The minimum absolute atomic E-state index is 0.303. The summed E-state index contributed by atoms with van der Waals surface area (Å²) in [7, 11) is 1.38. The zero-order valence-corrected chi connectivity index (χ0v) is 17.9. The number of rotatable bonds is 6. The van der Waals surface area contributed by atoms with Crippen molar-refractivity contribution in [1.29, 1.82) is 0 Å². The fourth-order valence-electron chi connectivity index (χ4n) is 4.24. The highest BCUT2D eigenvalue weighted by atomic mass is 16.5. The Kier molecular flexibility index (Phi) is 6.04. The van der Waals surface area contributed by atoms with Crippen LogP contribution in [0.25, 0.3) is 11.1 Å². The van der Waals surface area contributed by atoms with Crippen LogP contribution >= 0.6 is 0 Å². The van der Waals surface area contributed by atoms with Crippen LogP contribution in [0.5, 0.6) is 0 Å². The number of aromatic nitrogens is 1. The molecule has 1 unspecified atom stereocenters. The average Bonchev–Trinajstić information content (AvgIpc) is 3.17. The molecule has 2 aromatic carbocycles. The molecular weight excluding hydrogens is 378 g/mol. The minimum atomic E-state index is -0.396. The third-order valence-electron chi connectivity index (χ3n) is 5.62. The van der Waals surface area contributed by atoms with E-state index in [4.69, 9.17) is 14.1 Å². The Bertz CT molecular complexity index is 999. The van der Waals surface area contributed by atoms with Crippen molar-refractivity contribution < 1.29 is 13.9 Å². The average molecular weight is 408 g/mol. The number of para-hydroxylation sites is 1. The Labute approximate surface area is 177 Å². The quantitative estimate of drug-likeness (QED) is 0.566. The molecule has 158 valence electrons. The van der Waals surface area contributed by atoms with Crippen LogP contribution in [-0.4, -0.2) is 48.6 Å². The topological polar surface area (TPSA) is 58.8 Å². The van der Waals surface area contributed by atoms with Crippen LogP contribution in [0.15, 0.2) is 52.9 Å². The second-order valence-electron chi connectivity index (χ2n) is 8.34. The molecule has 0 radical (unpaired) electrons. The maximum Gasteiger partial charge on any atom is 0.340 e. The Morgan fingerprint density at radius 2 is 1.97 bits per heavy atom. The van der Waals surface area contributed by atoms with Crippen molar-refractivity contribution in [1.82, 2.24) is 9.88 Å². The predicted octanol–water partition coefficient (Wildman–Crippen LogP) is 4.35. The van der Waals surface area contributed by atoms with Gasteiger partial charge >= 0.3 is 5.97 Å². The van der Waals surface area contributed by atoms with Gasteiger partial charge in [-0.2, -0.15) is 4.98 Å². The molecule has 0 spiro atoms. The van der Waals surface area contributed by atoms with E-state index in [1.54, 1.807) is 12.1 Å². The second-order valence-corrected chi connectivity index (χ2v) is 8.34. The van der Waals surface area contributed by atoms with Crippen molar-refractivity contribution in [2.45, 2.75) is 32.9 Å². The van der Waals surface area contributed by atoms with Gasteiger partial charge in [0.1, 0.15) is 5.52 Å². The third-order valence-corrected chi connectivity index (χ3v) is 5.62. The number of methoxy groups -OCH3 is 1. The number of hydrogen-bond acceptors (Lipinski definition) is 6. The normalized spacial score (nSPS) is 17.6. The summed E-state index contributed by atoms with van der Waals surface area (Å²) in [6.07, 6.45) is 1.05. The van der Waals surface area contributed by atoms with Gasteiger partial charge in [-0.05, 0) is 30.0 Å². The molecule has 0 aliphatic carbocycles. The van der Waals surface area contributed by atoms with Crippen molar-refractivity contribution in [3.05, 3.63) is 59.7 Å². The van der Waals surface area contributed by atoms with Gasteiger partial charge in [0, 0.05) is 32.2 Å². The summed E-state index contributed by atoms with van der Waals surface area (Å²) < 4.78 is 11.0. The van der Waals surface area contributed by atoms with Gasteiger partial charge in [0.15, 0.2) is 5.58 Å². The molecule has 1 aliphatic heterocycles. The van der Waals surface area contributed by atoms with Gasteiger partial charge in [-0.25, -0.2) is 4.79 Å². The van der Waals surface area contributed by atoms with Crippen LogP contribution in [-0.2, 0) is 11.3 Å². The standard InChI is InChI=1S/C24H29N3O3/c1-17(2)14-19-16-26(15-18-8-5-4-6-9-18)12-13-27(19)24-25-22-20(23(28)29-3)10-7-11-21(22)30-24/h4-11,17,19H,12-16H2,1-3H3. The lowest BCUT2D eigenvalue weighted by atomic mass is 10.00. The molecule has 0 bridgehead atoms. The highest BCUT2D eigenvalue weighted by Gasteiger charge is 2.31. The molecule has 2 heterocycles. The number of carbonyl (C=O) groups is 1. The first kappa shape index (κ1) is 20.4. The molecule has 0 saturated carbocycles. The molecule has 1 aromatic heterocycles. The Morgan fingerprint density at radius 3 is 2.70 bits per heavy atom. The summed E-state index contributed by atoms with van der Waals surface area (Å²) in [6.45, 7) is 8.17. The number of piperazine rings is 1. The number of esters is 1. The van der Waals surface area contributed by atoms with Crippen LogP contribution in [0, 0.1) is 5.92 Å². The zero-order valence-electron chi connectivity index (χ0n) is 17.9. The molecule has 1 saturated heterocycles. The summed E-state index contributed by atoms with van der Waals surface area (Å²) in [6, 6.07) is 16.9. The molecule has 30 heavy (non-hydrogen) atoms. The lowest BCUT2D eigenvalue weighted by Gasteiger charge is -2.41. The highest BCUT2D eigenvalue weighted by molar-refractivity contribution is 6.01. The molecule has 4 rings (SSSR count). The summed E-state index contributed by atoms with van der Waals surface area (Å²) in [5, 5.41) is 0. The number of anilines is 1. The Hall–Kier alpha value is -2.86. The number of carbonyl (C=O) groups excluding carboxylic acids is 1. The molecule has 6 nitrogen and oxygen atoms in total. The third kappa shape index (κ3) is 4.33. The monoisotopic (exact) mass is 407 g/mol. The first-order valence-electron chi connectivity index (χ1n) is 10.6. The van der Waals surface area contributed by atoms with E-state index in [0.29, 0.717) is 34.6 Å². The van der Waals surface area contributed by atoms with E-state index in [-0.39, 0.29) is 0 Å². The molecule has 0 amide bonds. The van der Waals surface area contributed by atoms with E-state index in [9.17, 15) is 4.79 Å². The van der Waals surface area contributed by atoms with Crippen LogP contribution in [0.2, 0.25) is 0 Å². The van der Waals surface area contributed by atoms with Crippen molar-refractivity contribution in [2.24, 2.45) is 5.92 Å². The first-order chi connectivity index (χ1) is 14.5. The molecule has 3 aromatic rings. The predicted molar refractivity (Wildman–Crippen MR) is 118 cm³/mol. The summed E-state index contributed by atoms with van der Waals surface area (Å²) in [4.78, 5) is 21.6. The molecule has 6 heteroatoms. The van der Waals surface area contributed by atoms with E-state index >= 15 is 0 Å². The van der Waals surface area contributed by atoms with E-state index < -0.39 is 5.97 Å². The number of nitrogens with zero attached hydrogens (tertiary/aromatic N) is 3. The van der Waals surface area contributed by atoms with Gasteiger partial charge in [0.2, 0.25) is 0 Å². The van der Waals surface area contributed by atoms with Gasteiger partial charge in [0.25, 0.3) is 6.01 Å². The lowest BCUT2D eigenvalue weighted by Crippen LogP contribution is -2.53. The van der Waals surface area contributed by atoms with Gasteiger partial charge < -0.3 is 14.1 Å². The summed E-state index contributed by atoms with van der Waals surface area (Å²) in [5.74, 6) is 0.163. The van der Waals surface area contributed by atoms with Crippen molar-refractivity contribution in [2.75, 3.05) is 31.6 Å². The van der Waals surface area contributed by atoms with E-state index in [1.165, 1.54) is 12.7 Å². The first-order valence-corrected chi connectivity index (χ1v) is 10.6. The number of hydrogen-bond donors (Lipinski definition) is 0. The fourth-order valence-corrected chi connectivity index (χ4v) is 4.24. The smallest absolute Gasteiger partial charge is 0.340 e. The van der Waals surface area contributed by atoms with E-state index in [1.807, 2.05) is 6.07 Å². The zero-order chi connectivity index (χ0) is 21.1. The van der Waals surface area contributed by atoms with Crippen molar-refractivity contribution in [3.8, 4) is 0 Å². The SMILES string of the molecule is COC(=O)c1cccc2oc(N3CCN(Cc4ccccc4)CC3CC(C)C)nc12. The van der Waals surface area contributed by atoms with Crippen molar-refractivity contribution >= 4 is 23.1 Å². The van der Waals surface area contributed by atoms with Crippen molar-refractivity contribution in [3.63, 3.8) is 0 Å². The van der Waals surface area contributed by atoms with E-state index in [0.717, 1.165) is 32.6 Å². The van der Waals surface area contributed by atoms with Gasteiger partial charge in [-0.1, -0.05) is 50.2 Å².